The smallest absolute Gasteiger partial charge is 0.0234 e. The first-order valence-corrected chi connectivity index (χ1v) is 8.03. The van der Waals surface area contributed by atoms with Gasteiger partial charge in [0, 0.05) is 25.7 Å². The minimum Gasteiger partial charge on any atom is -0.316 e. The molecule has 1 N–H and O–H groups in total. The highest BCUT2D eigenvalue weighted by Gasteiger charge is 2.38. The van der Waals surface area contributed by atoms with E-state index >= 15 is 0 Å². The third kappa shape index (κ3) is 2.58. The van der Waals surface area contributed by atoms with E-state index in [1.165, 1.54) is 30.2 Å². The molecule has 3 rings (SSSR count). The van der Waals surface area contributed by atoms with Crippen LogP contribution in [-0.4, -0.2) is 42.6 Å². The summed E-state index contributed by atoms with van der Waals surface area (Å²) in [5.41, 5.74) is 1.45. The molecule has 1 aromatic rings. The molecule has 98 valence electrons. The lowest BCUT2D eigenvalue weighted by Gasteiger charge is -2.47. The Bertz CT molecular complexity index is 367. The number of hydrogen-bond acceptors (Lipinski definition) is 3. The van der Waals surface area contributed by atoms with Gasteiger partial charge in [-0.3, -0.25) is 4.90 Å². The van der Waals surface area contributed by atoms with E-state index < -0.39 is 0 Å². The van der Waals surface area contributed by atoms with E-state index in [0.29, 0.717) is 0 Å². The third-order valence-electron chi connectivity index (χ3n) is 4.25. The summed E-state index contributed by atoms with van der Waals surface area (Å²) in [5.74, 6) is 4.31. The molecule has 2 nitrogen and oxygen atoms in total. The molecule has 0 aromatic heterocycles. The number of likely N-dealkylation sites (tertiary alicyclic amines) is 1. The molecule has 0 spiro atoms. The molecular formula is C15H22N2S. The van der Waals surface area contributed by atoms with Crippen molar-refractivity contribution >= 4 is 11.8 Å². The minimum atomic E-state index is 0.748. The summed E-state index contributed by atoms with van der Waals surface area (Å²) in [5, 5.41) is 3.55. The van der Waals surface area contributed by atoms with Gasteiger partial charge >= 0.3 is 0 Å². The quantitative estimate of drug-likeness (QED) is 0.898. The van der Waals surface area contributed by atoms with Gasteiger partial charge < -0.3 is 5.32 Å². The fourth-order valence-corrected chi connectivity index (χ4v) is 4.84. The molecule has 0 amide bonds. The second kappa shape index (κ2) is 5.64. The maximum absolute atomic E-state index is 3.55. The van der Waals surface area contributed by atoms with Crippen LogP contribution in [0, 0.1) is 11.8 Å². The van der Waals surface area contributed by atoms with Crippen molar-refractivity contribution in [3.63, 3.8) is 0 Å². The van der Waals surface area contributed by atoms with Gasteiger partial charge in [0.25, 0.3) is 0 Å². The summed E-state index contributed by atoms with van der Waals surface area (Å²) >= 11 is 2.15. The second-order valence-electron chi connectivity index (χ2n) is 5.55. The van der Waals surface area contributed by atoms with Crippen LogP contribution in [0.4, 0.5) is 0 Å². The largest absolute Gasteiger partial charge is 0.316 e. The Hall–Kier alpha value is -0.510. The van der Waals surface area contributed by atoms with Gasteiger partial charge in [-0.2, -0.15) is 11.8 Å². The van der Waals surface area contributed by atoms with Crippen LogP contribution in [0.5, 0.6) is 0 Å². The number of benzene rings is 1. The fraction of sp³-hybridized carbons (Fsp3) is 0.600. The average molecular weight is 262 g/mol. The number of hydrogen-bond donors (Lipinski definition) is 1. The molecular weight excluding hydrogens is 240 g/mol. The summed E-state index contributed by atoms with van der Waals surface area (Å²) in [6.07, 6.45) is 0. The second-order valence-corrected chi connectivity index (χ2v) is 6.63. The van der Waals surface area contributed by atoms with Gasteiger partial charge in [-0.15, -0.1) is 0 Å². The van der Waals surface area contributed by atoms with Crippen molar-refractivity contribution in [2.24, 2.45) is 11.8 Å². The van der Waals surface area contributed by atoms with Crippen LogP contribution in [0.2, 0.25) is 0 Å². The normalized spacial score (nSPS) is 32.4. The predicted octanol–water partition coefficient (Wildman–Crippen LogP) is 2.07. The van der Waals surface area contributed by atoms with Crippen LogP contribution >= 0.6 is 11.8 Å². The maximum atomic E-state index is 3.55. The molecule has 2 aliphatic heterocycles. The number of nitrogens with zero attached hydrogens (tertiary/aromatic N) is 1. The van der Waals surface area contributed by atoms with Crippen molar-refractivity contribution in [1.82, 2.24) is 10.2 Å². The number of thioether (sulfide) groups is 1. The fourth-order valence-electron chi connectivity index (χ4n) is 3.48. The molecule has 3 heteroatoms. The van der Waals surface area contributed by atoms with E-state index in [0.717, 1.165) is 24.4 Å². The van der Waals surface area contributed by atoms with Crippen LogP contribution < -0.4 is 5.32 Å². The highest BCUT2D eigenvalue weighted by molar-refractivity contribution is 7.99. The molecule has 0 aliphatic carbocycles. The van der Waals surface area contributed by atoms with E-state index in [9.17, 15) is 0 Å². The van der Waals surface area contributed by atoms with Gasteiger partial charge in [-0.05, 0) is 36.0 Å². The summed E-state index contributed by atoms with van der Waals surface area (Å²) in [6.45, 7) is 3.63. The Kier molecular flexibility index (Phi) is 3.92. The molecule has 0 saturated carbocycles. The van der Waals surface area contributed by atoms with E-state index in [4.69, 9.17) is 0 Å². The molecule has 1 aromatic carbocycles. The van der Waals surface area contributed by atoms with E-state index in [1.807, 2.05) is 0 Å². The van der Waals surface area contributed by atoms with Crippen LogP contribution in [-0.2, 0) is 6.54 Å². The van der Waals surface area contributed by atoms with Gasteiger partial charge in [0.05, 0.1) is 0 Å². The Morgan fingerprint density at radius 1 is 1.17 bits per heavy atom. The number of rotatable bonds is 3. The molecule has 2 heterocycles. The molecule has 0 radical (unpaired) electrons. The monoisotopic (exact) mass is 262 g/mol. The van der Waals surface area contributed by atoms with Crippen molar-refractivity contribution in [3.8, 4) is 0 Å². The summed E-state index contributed by atoms with van der Waals surface area (Å²) in [6, 6.07) is 11.6. The van der Waals surface area contributed by atoms with Gasteiger partial charge in [0.2, 0.25) is 0 Å². The zero-order chi connectivity index (χ0) is 12.4. The Balaban J connectivity index is 1.66. The molecule has 2 aliphatic rings. The zero-order valence-electron chi connectivity index (χ0n) is 11.0. The highest BCUT2D eigenvalue weighted by atomic mass is 32.2. The maximum Gasteiger partial charge on any atom is 0.0234 e. The van der Waals surface area contributed by atoms with Crippen molar-refractivity contribution < 1.29 is 0 Å². The van der Waals surface area contributed by atoms with Gasteiger partial charge in [0.15, 0.2) is 0 Å². The average Bonchev–Trinajstić information content (AvgIpc) is 2.39. The lowest BCUT2D eigenvalue weighted by molar-refractivity contribution is 0.0980. The van der Waals surface area contributed by atoms with Crippen LogP contribution in [0.1, 0.15) is 5.56 Å². The van der Waals surface area contributed by atoms with Crippen molar-refractivity contribution in [2.45, 2.75) is 12.6 Å². The minimum absolute atomic E-state index is 0.748. The van der Waals surface area contributed by atoms with Crippen molar-refractivity contribution in [1.29, 1.82) is 0 Å². The van der Waals surface area contributed by atoms with E-state index in [2.05, 4.69) is 59.4 Å². The SMILES string of the molecule is CNC1C2CSCC1CN(Cc1ccccc1)C2. The Labute approximate surface area is 114 Å². The molecule has 2 fully saturated rings. The number of nitrogens with one attached hydrogen (secondary N) is 1. The zero-order valence-corrected chi connectivity index (χ0v) is 11.8. The van der Waals surface area contributed by atoms with Crippen LogP contribution in [0.15, 0.2) is 30.3 Å². The highest BCUT2D eigenvalue weighted by Crippen LogP contribution is 2.33. The summed E-state index contributed by atoms with van der Waals surface area (Å²) in [7, 11) is 2.13. The lowest BCUT2D eigenvalue weighted by atomic mass is 9.85. The third-order valence-corrected chi connectivity index (χ3v) is 5.58. The van der Waals surface area contributed by atoms with Gasteiger partial charge in [-0.25, -0.2) is 0 Å². The Morgan fingerprint density at radius 2 is 1.83 bits per heavy atom. The first kappa shape index (κ1) is 12.5. The van der Waals surface area contributed by atoms with Crippen molar-refractivity contribution in [3.05, 3.63) is 35.9 Å². The molecule has 2 bridgehead atoms. The van der Waals surface area contributed by atoms with Crippen molar-refractivity contribution in [2.75, 3.05) is 31.6 Å². The standard InChI is InChI=1S/C15H22N2S/c1-16-15-13-8-17(9-14(15)11-18-10-13)7-12-5-3-2-4-6-12/h2-6,13-16H,7-11H2,1H3. The van der Waals surface area contributed by atoms with Crippen LogP contribution in [0.3, 0.4) is 0 Å². The Morgan fingerprint density at radius 3 is 2.44 bits per heavy atom. The van der Waals surface area contributed by atoms with Gasteiger partial charge in [0.1, 0.15) is 0 Å². The first-order chi connectivity index (χ1) is 8.86. The van der Waals surface area contributed by atoms with Gasteiger partial charge in [-0.1, -0.05) is 30.3 Å². The molecule has 2 unspecified atom stereocenters. The number of fused-ring (bicyclic) bond motifs is 2. The number of piperidine rings is 1. The lowest BCUT2D eigenvalue weighted by Crippen LogP contribution is -2.57. The molecule has 2 saturated heterocycles. The first-order valence-electron chi connectivity index (χ1n) is 6.88. The van der Waals surface area contributed by atoms with E-state index in [1.54, 1.807) is 0 Å². The topological polar surface area (TPSA) is 15.3 Å². The van der Waals surface area contributed by atoms with E-state index in [-0.39, 0.29) is 0 Å². The summed E-state index contributed by atoms with van der Waals surface area (Å²) in [4.78, 5) is 2.65. The van der Waals surface area contributed by atoms with Crippen LogP contribution in [0.25, 0.3) is 0 Å². The molecule has 2 atom stereocenters. The molecule has 18 heavy (non-hydrogen) atoms. The summed E-state index contributed by atoms with van der Waals surface area (Å²) < 4.78 is 0. The predicted molar refractivity (Wildman–Crippen MR) is 78.9 cm³/mol.